The Kier molecular flexibility index (Phi) is 2.88. The summed E-state index contributed by atoms with van der Waals surface area (Å²) in [5.74, 6) is 0. The summed E-state index contributed by atoms with van der Waals surface area (Å²) in [6.07, 6.45) is 0.983. The zero-order valence-corrected chi connectivity index (χ0v) is 10.2. The minimum Gasteiger partial charge on any atom is -0.302 e. The molecule has 0 aliphatic carbocycles. The zero-order chi connectivity index (χ0) is 8.65. The Labute approximate surface area is 87.3 Å². The van der Waals surface area contributed by atoms with Gasteiger partial charge in [0.1, 0.15) is 6.29 Å². The van der Waals surface area contributed by atoms with Crippen LogP contribution >= 0.6 is 43.6 Å². The van der Waals surface area contributed by atoms with E-state index in [1.807, 2.05) is 13.8 Å². The van der Waals surface area contributed by atoms with Crippen molar-refractivity contribution >= 4 is 49.9 Å². The molecule has 0 fully saturated rings. The molecule has 0 spiro atoms. The lowest BCUT2D eigenvalue weighted by Crippen LogP contribution is -2.27. The van der Waals surface area contributed by atoms with Gasteiger partial charge in [-0.15, -0.1) is 11.8 Å². The number of halogens is 2. The first-order valence-corrected chi connectivity index (χ1v) is 5.64. The zero-order valence-electron chi connectivity index (χ0n) is 6.23. The molecule has 0 aromatic rings. The number of hydrogen-bond donors (Lipinski definition) is 0. The van der Waals surface area contributed by atoms with Crippen molar-refractivity contribution in [1.82, 2.24) is 0 Å². The van der Waals surface area contributed by atoms with Crippen LogP contribution < -0.4 is 0 Å². The quantitative estimate of drug-likeness (QED) is 0.547. The van der Waals surface area contributed by atoms with Crippen LogP contribution in [0.25, 0.3) is 0 Å². The normalized spacial score (nSPS) is 38.0. The van der Waals surface area contributed by atoms with Crippen LogP contribution in [0.5, 0.6) is 0 Å². The first-order chi connectivity index (χ1) is 5.00. The molecule has 2 atom stereocenters. The second-order valence-corrected chi connectivity index (χ2v) is 6.42. The van der Waals surface area contributed by atoms with Crippen molar-refractivity contribution in [3.63, 3.8) is 0 Å². The lowest BCUT2D eigenvalue weighted by molar-refractivity contribution is -0.107. The number of rotatable bonds is 1. The minimum atomic E-state index is -0.205. The van der Waals surface area contributed by atoms with Gasteiger partial charge in [-0.3, -0.25) is 0 Å². The van der Waals surface area contributed by atoms with Crippen LogP contribution in [0.15, 0.2) is 9.39 Å². The van der Waals surface area contributed by atoms with Gasteiger partial charge in [-0.2, -0.15) is 0 Å². The molecule has 1 rings (SSSR count). The molecule has 0 saturated heterocycles. The first kappa shape index (κ1) is 9.81. The second kappa shape index (κ2) is 3.23. The van der Waals surface area contributed by atoms with Gasteiger partial charge in [0, 0.05) is 4.48 Å². The predicted octanol–water partition coefficient (Wildman–Crippen LogP) is 3.08. The summed E-state index contributed by atoms with van der Waals surface area (Å²) in [4.78, 5) is 11.8. The molecular formula is C7H8Br2OS. The van der Waals surface area contributed by atoms with Gasteiger partial charge in [0.15, 0.2) is 0 Å². The molecule has 1 heterocycles. The van der Waals surface area contributed by atoms with Crippen LogP contribution in [-0.2, 0) is 4.79 Å². The van der Waals surface area contributed by atoms with Crippen LogP contribution in [0, 0.1) is 0 Å². The Morgan fingerprint density at radius 3 is 2.45 bits per heavy atom. The molecule has 2 unspecified atom stereocenters. The van der Waals surface area contributed by atoms with Crippen LogP contribution in [0.1, 0.15) is 13.8 Å². The molecule has 0 saturated carbocycles. The van der Waals surface area contributed by atoms with E-state index in [4.69, 9.17) is 0 Å². The lowest BCUT2D eigenvalue weighted by atomic mass is 10.1. The Morgan fingerprint density at radius 1 is 1.73 bits per heavy atom. The summed E-state index contributed by atoms with van der Waals surface area (Å²) in [5.41, 5.74) is 0. The van der Waals surface area contributed by atoms with E-state index in [1.54, 1.807) is 11.8 Å². The number of allylic oxidation sites excluding steroid dienone is 2. The van der Waals surface area contributed by atoms with E-state index >= 15 is 0 Å². The van der Waals surface area contributed by atoms with Gasteiger partial charge < -0.3 is 4.79 Å². The number of thioether (sulfide) groups is 1. The van der Waals surface area contributed by atoms with E-state index in [0.717, 1.165) is 10.8 Å². The molecule has 0 aromatic carbocycles. The number of alkyl halides is 1. The van der Waals surface area contributed by atoms with Crippen molar-refractivity contribution in [3.8, 4) is 0 Å². The van der Waals surface area contributed by atoms with Gasteiger partial charge >= 0.3 is 0 Å². The van der Waals surface area contributed by atoms with Crippen molar-refractivity contribution < 1.29 is 4.79 Å². The van der Waals surface area contributed by atoms with Crippen molar-refractivity contribution in [2.45, 2.75) is 23.4 Å². The maximum absolute atomic E-state index is 10.6. The van der Waals surface area contributed by atoms with Crippen LogP contribution in [0.3, 0.4) is 0 Å². The fraction of sp³-hybridized carbons (Fsp3) is 0.571. The highest BCUT2D eigenvalue weighted by atomic mass is 79.9. The third-order valence-electron chi connectivity index (χ3n) is 1.70. The fourth-order valence-electron chi connectivity index (χ4n) is 0.977. The highest BCUT2D eigenvalue weighted by molar-refractivity contribution is 9.14. The van der Waals surface area contributed by atoms with E-state index in [-0.39, 0.29) is 9.57 Å². The molecule has 4 heteroatoms. The molecule has 11 heavy (non-hydrogen) atoms. The molecule has 0 amide bonds. The Balaban J connectivity index is 2.97. The molecule has 1 nitrogen and oxygen atoms in total. The summed E-state index contributed by atoms with van der Waals surface area (Å²) in [7, 11) is 0. The molecule has 1 aliphatic rings. The van der Waals surface area contributed by atoms with E-state index < -0.39 is 0 Å². The van der Waals surface area contributed by atoms with Gasteiger partial charge in [-0.05, 0) is 18.8 Å². The Bertz CT molecular complexity index is 222. The van der Waals surface area contributed by atoms with Gasteiger partial charge in [-0.25, -0.2) is 0 Å². The highest BCUT2D eigenvalue weighted by Crippen LogP contribution is 2.51. The van der Waals surface area contributed by atoms with E-state index in [1.165, 1.54) is 4.91 Å². The highest BCUT2D eigenvalue weighted by Gasteiger charge is 2.41. The van der Waals surface area contributed by atoms with E-state index in [9.17, 15) is 4.79 Å². The summed E-state index contributed by atoms with van der Waals surface area (Å²) in [5, 5.41) is -0.00289. The number of hydrogen-bond acceptors (Lipinski definition) is 2. The predicted molar refractivity (Wildman–Crippen MR) is 56.4 cm³/mol. The minimum absolute atomic E-state index is 0.00289. The maximum atomic E-state index is 10.6. The molecule has 1 aliphatic heterocycles. The van der Waals surface area contributed by atoms with Crippen molar-refractivity contribution in [2.75, 3.05) is 0 Å². The van der Waals surface area contributed by atoms with Crippen molar-refractivity contribution in [2.24, 2.45) is 0 Å². The third-order valence-corrected chi connectivity index (χ3v) is 6.50. The number of carbonyl (C=O) groups excluding carboxylic acids is 1. The molecule has 0 N–H and O–H groups in total. The van der Waals surface area contributed by atoms with Crippen LogP contribution in [0.4, 0.5) is 0 Å². The standard InChI is InChI=1S/C7H8Br2OS/c1-4-6(8)7(2,9)5(3-10)11-4/h3,5H,1-2H3. The fourth-order valence-corrected chi connectivity index (χ4v) is 3.56. The lowest BCUT2D eigenvalue weighted by Gasteiger charge is -2.19. The Morgan fingerprint density at radius 2 is 2.27 bits per heavy atom. The molecule has 0 bridgehead atoms. The summed E-state index contributed by atoms with van der Waals surface area (Å²) < 4.78 is 0.885. The van der Waals surface area contributed by atoms with Crippen LogP contribution in [-0.4, -0.2) is 15.9 Å². The van der Waals surface area contributed by atoms with E-state index in [2.05, 4.69) is 31.9 Å². The van der Waals surface area contributed by atoms with Gasteiger partial charge in [0.25, 0.3) is 0 Å². The summed E-state index contributed by atoms with van der Waals surface area (Å²) >= 11 is 8.58. The average Bonchev–Trinajstić information content (AvgIpc) is 2.13. The van der Waals surface area contributed by atoms with Crippen molar-refractivity contribution in [3.05, 3.63) is 9.39 Å². The molecule has 62 valence electrons. The third kappa shape index (κ3) is 1.58. The van der Waals surface area contributed by atoms with Gasteiger partial charge in [0.05, 0.1) is 9.57 Å². The maximum Gasteiger partial charge on any atom is 0.135 e. The second-order valence-electron chi connectivity index (χ2n) is 2.62. The van der Waals surface area contributed by atoms with E-state index in [0.29, 0.717) is 0 Å². The molecule has 0 aromatic heterocycles. The molecular weight excluding hydrogens is 292 g/mol. The average molecular weight is 300 g/mol. The molecule has 0 radical (unpaired) electrons. The monoisotopic (exact) mass is 298 g/mol. The first-order valence-electron chi connectivity index (χ1n) is 3.18. The van der Waals surface area contributed by atoms with Gasteiger partial charge in [0.2, 0.25) is 0 Å². The topological polar surface area (TPSA) is 17.1 Å². The SMILES string of the molecule is CC1=C(Br)C(C)(Br)C(C=O)S1. The summed E-state index contributed by atoms with van der Waals surface area (Å²) in [6.45, 7) is 4.01. The smallest absolute Gasteiger partial charge is 0.135 e. The van der Waals surface area contributed by atoms with Gasteiger partial charge in [-0.1, -0.05) is 31.9 Å². The summed E-state index contributed by atoms with van der Waals surface area (Å²) in [6, 6.07) is 0. The number of aldehydes is 1. The van der Waals surface area contributed by atoms with Crippen molar-refractivity contribution in [1.29, 1.82) is 0 Å². The largest absolute Gasteiger partial charge is 0.302 e. The number of carbonyl (C=O) groups is 1. The Hall–Kier alpha value is 0.720. The van der Waals surface area contributed by atoms with Crippen LogP contribution in [0.2, 0.25) is 0 Å².